The third-order valence-electron chi connectivity index (χ3n) is 5.84. The fourth-order valence-corrected chi connectivity index (χ4v) is 4.92. The van der Waals surface area contributed by atoms with E-state index in [0.29, 0.717) is 13.8 Å². The number of nitrogens with zero attached hydrogens (tertiary/aromatic N) is 1. The number of carbonyl (C=O) groups is 1. The molecule has 4 aromatic rings. The predicted molar refractivity (Wildman–Crippen MR) is 149 cm³/mol. The average Bonchev–Trinajstić information content (AvgIpc) is 2.92. The molecule has 1 heterocycles. The van der Waals surface area contributed by atoms with Gasteiger partial charge in [0, 0.05) is 48.6 Å². The number of carbonyl (C=O) groups excluding carboxylic acids is 1. The molecule has 0 aliphatic carbocycles. The molecular weight excluding hydrogens is 613 g/mol. The number of aromatic nitrogens is 1. The van der Waals surface area contributed by atoms with E-state index in [0.717, 1.165) is 36.4 Å². The van der Waals surface area contributed by atoms with Crippen molar-refractivity contribution in [1.29, 1.82) is 0 Å². The van der Waals surface area contributed by atoms with Gasteiger partial charge in [0.1, 0.15) is 5.82 Å². The number of ether oxygens (including phenoxy) is 2. The summed E-state index contributed by atoms with van der Waals surface area (Å²) in [7, 11) is -4.33. The maximum atomic E-state index is 13.8. The molecule has 0 aliphatic heterocycles. The normalized spacial score (nSPS) is 12.0. The number of rotatable bonds is 11. The van der Waals surface area contributed by atoms with Crippen LogP contribution in [0.5, 0.6) is 11.5 Å². The molecule has 232 valence electrons. The lowest BCUT2D eigenvalue weighted by Crippen LogP contribution is -2.30. The lowest BCUT2D eigenvalue weighted by molar-refractivity contribution is -0.175. The molecule has 0 spiro atoms. The third-order valence-corrected chi connectivity index (χ3v) is 7.18. The summed E-state index contributed by atoms with van der Waals surface area (Å²) in [5.41, 5.74) is 0.0517. The van der Waals surface area contributed by atoms with Crippen LogP contribution in [-0.4, -0.2) is 31.5 Å². The van der Waals surface area contributed by atoms with Crippen LogP contribution in [0, 0.1) is 5.82 Å². The van der Waals surface area contributed by atoms with Crippen molar-refractivity contribution in [3.8, 4) is 11.5 Å². The fourth-order valence-electron chi connectivity index (χ4n) is 3.94. The standard InChI is InChI=1S/C29H24F5N3O6S/c1-28(31,32)42-24-14-11-22(16-25(24)43-29(2,33)34)37(17-19-4-3-15-35-26(19)38)21-9-5-18(6-10-21)27(39)36-44(40,41)23-12-7-20(30)8-13-23/h3-16H,17H2,1-2H3,(H,35,38)(H,36,39). The van der Waals surface area contributed by atoms with Crippen molar-refractivity contribution in [2.24, 2.45) is 0 Å². The van der Waals surface area contributed by atoms with E-state index in [1.54, 1.807) is 6.07 Å². The van der Waals surface area contributed by atoms with Crippen LogP contribution in [-0.2, 0) is 16.6 Å². The van der Waals surface area contributed by atoms with Gasteiger partial charge in [-0.1, -0.05) is 6.07 Å². The van der Waals surface area contributed by atoms with E-state index in [2.05, 4.69) is 14.5 Å². The molecule has 4 rings (SSSR count). The summed E-state index contributed by atoms with van der Waals surface area (Å²) in [4.78, 5) is 28.8. The van der Waals surface area contributed by atoms with Gasteiger partial charge in [0.2, 0.25) is 0 Å². The molecule has 1 aromatic heterocycles. The van der Waals surface area contributed by atoms with Gasteiger partial charge in [-0.15, -0.1) is 0 Å². The summed E-state index contributed by atoms with van der Waals surface area (Å²) >= 11 is 0. The molecule has 3 aromatic carbocycles. The van der Waals surface area contributed by atoms with Gasteiger partial charge in [-0.05, 0) is 66.7 Å². The Morgan fingerprint density at radius 1 is 0.864 bits per heavy atom. The average molecular weight is 638 g/mol. The first kappa shape index (κ1) is 32.0. The molecule has 0 saturated heterocycles. The Morgan fingerprint density at radius 3 is 2.05 bits per heavy atom. The van der Waals surface area contributed by atoms with Crippen LogP contribution in [0.1, 0.15) is 29.8 Å². The molecule has 0 unspecified atom stereocenters. The quantitative estimate of drug-likeness (QED) is 0.195. The first-order valence-corrected chi connectivity index (χ1v) is 14.1. The minimum absolute atomic E-state index is 0.0967. The number of amides is 1. The third kappa shape index (κ3) is 8.34. The molecule has 0 radical (unpaired) electrons. The predicted octanol–water partition coefficient (Wildman–Crippen LogP) is 5.95. The molecule has 15 heteroatoms. The number of nitrogens with one attached hydrogen (secondary N) is 2. The number of halogens is 5. The van der Waals surface area contributed by atoms with Crippen LogP contribution in [0.3, 0.4) is 0 Å². The minimum atomic E-state index is -4.33. The zero-order valence-corrected chi connectivity index (χ0v) is 23.8. The van der Waals surface area contributed by atoms with Crippen molar-refractivity contribution in [3.63, 3.8) is 0 Å². The molecule has 0 bridgehead atoms. The van der Waals surface area contributed by atoms with E-state index in [-0.39, 0.29) is 33.9 Å². The van der Waals surface area contributed by atoms with Crippen LogP contribution in [0.25, 0.3) is 0 Å². The first-order chi connectivity index (χ1) is 20.5. The van der Waals surface area contributed by atoms with E-state index >= 15 is 0 Å². The molecule has 0 saturated carbocycles. The van der Waals surface area contributed by atoms with Gasteiger partial charge in [-0.2, -0.15) is 17.6 Å². The van der Waals surface area contributed by atoms with Crippen molar-refractivity contribution in [1.82, 2.24) is 9.71 Å². The number of hydrogen-bond donors (Lipinski definition) is 2. The summed E-state index contributed by atoms with van der Waals surface area (Å²) in [6.07, 6.45) is -6.10. The molecule has 1 amide bonds. The van der Waals surface area contributed by atoms with Gasteiger partial charge in [-0.25, -0.2) is 17.5 Å². The second kappa shape index (κ2) is 12.4. The zero-order chi connectivity index (χ0) is 32.3. The number of anilines is 2. The molecule has 0 aliphatic rings. The highest BCUT2D eigenvalue weighted by Gasteiger charge is 2.30. The van der Waals surface area contributed by atoms with E-state index < -0.39 is 51.0 Å². The van der Waals surface area contributed by atoms with Crippen molar-refractivity contribution >= 4 is 27.3 Å². The number of benzene rings is 3. The highest BCUT2D eigenvalue weighted by atomic mass is 32.2. The smallest absolute Gasteiger partial charge is 0.395 e. The zero-order valence-electron chi connectivity index (χ0n) is 23.0. The Bertz CT molecular complexity index is 1800. The summed E-state index contributed by atoms with van der Waals surface area (Å²) in [6, 6.07) is 15.5. The lowest BCUT2D eigenvalue weighted by Gasteiger charge is -2.27. The Hall–Kier alpha value is -4.92. The number of aromatic amines is 1. The topological polar surface area (TPSA) is 118 Å². The summed E-state index contributed by atoms with van der Waals surface area (Å²) < 4.78 is 104. The molecule has 44 heavy (non-hydrogen) atoms. The van der Waals surface area contributed by atoms with Crippen molar-refractivity contribution in [2.45, 2.75) is 37.5 Å². The SMILES string of the molecule is CC(F)(F)Oc1ccc(N(Cc2ccc[nH]c2=O)c2ccc(C(=O)NS(=O)(=O)c3ccc(F)cc3)cc2)cc1OC(C)(F)F. The van der Waals surface area contributed by atoms with Gasteiger partial charge in [0.25, 0.3) is 21.5 Å². The molecule has 9 nitrogen and oxygen atoms in total. The van der Waals surface area contributed by atoms with Crippen LogP contribution in [0.15, 0.2) is 94.7 Å². The number of pyridine rings is 1. The molecular formula is C29H24F5N3O6S. The second-order valence-electron chi connectivity index (χ2n) is 9.50. The number of alkyl halides is 4. The van der Waals surface area contributed by atoms with E-state index in [1.807, 2.05) is 4.72 Å². The van der Waals surface area contributed by atoms with Crippen molar-refractivity contribution in [2.75, 3.05) is 4.90 Å². The highest BCUT2D eigenvalue weighted by molar-refractivity contribution is 7.90. The van der Waals surface area contributed by atoms with Crippen LogP contribution in [0.4, 0.5) is 33.3 Å². The minimum Gasteiger partial charge on any atom is -0.429 e. The maximum Gasteiger partial charge on any atom is 0.395 e. The van der Waals surface area contributed by atoms with Gasteiger partial charge in [0.15, 0.2) is 11.5 Å². The maximum absolute atomic E-state index is 13.8. The van der Waals surface area contributed by atoms with Crippen LogP contribution < -0.4 is 24.7 Å². The number of hydrogen-bond acceptors (Lipinski definition) is 7. The summed E-state index contributed by atoms with van der Waals surface area (Å²) in [6.45, 7) is 0.674. The van der Waals surface area contributed by atoms with E-state index in [4.69, 9.17) is 0 Å². The van der Waals surface area contributed by atoms with Crippen molar-refractivity contribution in [3.05, 3.63) is 112 Å². The summed E-state index contributed by atoms with van der Waals surface area (Å²) in [5, 5.41) is 0. The Morgan fingerprint density at radius 2 is 1.45 bits per heavy atom. The molecule has 0 atom stereocenters. The number of H-pyrrole nitrogens is 1. The molecule has 2 N–H and O–H groups in total. The largest absolute Gasteiger partial charge is 0.429 e. The van der Waals surface area contributed by atoms with E-state index in [9.17, 15) is 40.0 Å². The fraction of sp³-hybridized carbons (Fsp3) is 0.172. The second-order valence-corrected chi connectivity index (χ2v) is 11.2. The van der Waals surface area contributed by atoms with Crippen LogP contribution >= 0.6 is 0 Å². The van der Waals surface area contributed by atoms with Gasteiger partial charge in [-0.3, -0.25) is 9.59 Å². The Kier molecular flexibility index (Phi) is 8.99. The lowest BCUT2D eigenvalue weighted by atomic mass is 10.1. The van der Waals surface area contributed by atoms with E-state index in [1.165, 1.54) is 47.5 Å². The Labute approximate surface area is 247 Å². The monoisotopic (exact) mass is 637 g/mol. The highest BCUT2D eigenvalue weighted by Crippen LogP contribution is 2.39. The van der Waals surface area contributed by atoms with Gasteiger partial charge < -0.3 is 19.4 Å². The van der Waals surface area contributed by atoms with Gasteiger partial charge in [0.05, 0.1) is 11.4 Å². The summed E-state index contributed by atoms with van der Waals surface area (Å²) in [5.74, 6) is -3.06. The van der Waals surface area contributed by atoms with Crippen molar-refractivity contribution < 1.29 is 44.6 Å². The first-order valence-electron chi connectivity index (χ1n) is 12.7. The van der Waals surface area contributed by atoms with Crippen LogP contribution in [0.2, 0.25) is 0 Å². The molecule has 0 fully saturated rings. The van der Waals surface area contributed by atoms with Gasteiger partial charge >= 0.3 is 12.2 Å². The Balaban J connectivity index is 1.70. The number of sulfonamides is 1.